The monoisotopic (exact) mass is 390 g/mol. The SMILES string of the molecule is CC(C)(C)OC(=O)Nc1ccc(-c2ccc(CNCc3cccnc3)cc2)cn1. The van der Waals surface area contributed by atoms with E-state index in [1.54, 1.807) is 18.5 Å². The number of amides is 1. The number of carbonyl (C=O) groups excluding carboxylic acids is 1. The fraction of sp³-hybridized carbons (Fsp3) is 0.261. The van der Waals surface area contributed by atoms with Crippen molar-refractivity contribution >= 4 is 11.9 Å². The molecule has 2 heterocycles. The van der Waals surface area contributed by atoms with Crippen LogP contribution in [0.15, 0.2) is 67.1 Å². The highest BCUT2D eigenvalue weighted by molar-refractivity contribution is 5.83. The molecule has 6 nitrogen and oxygen atoms in total. The Balaban J connectivity index is 1.53. The molecule has 0 aliphatic heterocycles. The summed E-state index contributed by atoms with van der Waals surface area (Å²) in [4.78, 5) is 20.2. The molecule has 3 aromatic rings. The lowest BCUT2D eigenvalue weighted by Crippen LogP contribution is -2.27. The van der Waals surface area contributed by atoms with E-state index in [9.17, 15) is 4.79 Å². The van der Waals surface area contributed by atoms with Gasteiger partial charge in [-0.15, -0.1) is 0 Å². The second-order valence-corrected chi connectivity index (χ2v) is 7.72. The molecule has 2 N–H and O–H groups in total. The molecule has 0 radical (unpaired) electrons. The van der Waals surface area contributed by atoms with Crippen LogP contribution in [0.25, 0.3) is 11.1 Å². The van der Waals surface area contributed by atoms with E-state index in [2.05, 4.69) is 50.9 Å². The van der Waals surface area contributed by atoms with E-state index >= 15 is 0 Å². The topological polar surface area (TPSA) is 76.1 Å². The molecule has 3 rings (SSSR count). The molecule has 0 saturated heterocycles. The van der Waals surface area contributed by atoms with Crippen LogP contribution in [-0.4, -0.2) is 21.7 Å². The Kier molecular flexibility index (Phi) is 6.57. The maximum atomic E-state index is 11.8. The summed E-state index contributed by atoms with van der Waals surface area (Å²) < 4.78 is 5.23. The Morgan fingerprint density at radius 1 is 0.931 bits per heavy atom. The third kappa shape index (κ3) is 6.69. The van der Waals surface area contributed by atoms with Gasteiger partial charge in [-0.1, -0.05) is 30.3 Å². The van der Waals surface area contributed by atoms with Gasteiger partial charge in [-0.3, -0.25) is 10.3 Å². The van der Waals surface area contributed by atoms with Crippen LogP contribution < -0.4 is 10.6 Å². The number of nitrogens with one attached hydrogen (secondary N) is 2. The Morgan fingerprint density at radius 2 is 1.66 bits per heavy atom. The molecule has 0 fully saturated rings. The van der Waals surface area contributed by atoms with Crippen LogP contribution in [0.2, 0.25) is 0 Å². The van der Waals surface area contributed by atoms with Crippen molar-refractivity contribution in [1.29, 1.82) is 0 Å². The molecule has 2 aromatic heterocycles. The fourth-order valence-electron chi connectivity index (χ4n) is 2.72. The van der Waals surface area contributed by atoms with Gasteiger partial charge < -0.3 is 10.1 Å². The van der Waals surface area contributed by atoms with E-state index in [4.69, 9.17) is 4.74 Å². The third-order valence-corrected chi connectivity index (χ3v) is 4.06. The second kappa shape index (κ2) is 9.30. The highest BCUT2D eigenvalue weighted by Gasteiger charge is 2.16. The molecule has 0 bridgehead atoms. The number of benzene rings is 1. The lowest BCUT2D eigenvalue weighted by Gasteiger charge is -2.19. The Morgan fingerprint density at radius 3 is 2.28 bits per heavy atom. The Hall–Kier alpha value is -3.25. The van der Waals surface area contributed by atoms with Crippen LogP contribution in [0.1, 0.15) is 31.9 Å². The molecule has 0 aliphatic carbocycles. The van der Waals surface area contributed by atoms with E-state index in [0.717, 1.165) is 29.8 Å². The molecular weight excluding hydrogens is 364 g/mol. The normalized spacial score (nSPS) is 11.1. The number of nitrogens with zero attached hydrogens (tertiary/aromatic N) is 2. The predicted octanol–water partition coefficient (Wildman–Crippen LogP) is 4.78. The highest BCUT2D eigenvalue weighted by Crippen LogP contribution is 2.20. The summed E-state index contributed by atoms with van der Waals surface area (Å²) in [7, 11) is 0. The first-order valence-electron chi connectivity index (χ1n) is 9.54. The van der Waals surface area contributed by atoms with Crippen molar-refractivity contribution in [2.45, 2.75) is 39.5 Å². The summed E-state index contributed by atoms with van der Waals surface area (Å²) in [5.41, 5.74) is 3.87. The highest BCUT2D eigenvalue weighted by atomic mass is 16.6. The maximum Gasteiger partial charge on any atom is 0.413 e. The molecule has 6 heteroatoms. The van der Waals surface area contributed by atoms with Gasteiger partial charge in [0, 0.05) is 37.2 Å². The van der Waals surface area contributed by atoms with Crippen molar-refractivity contribution in [3.63, 3.8) is 0 Å². The van der Waals surface area contributed by atoms with Crippen LogP contribution in [-0.2, 0) is 17.8 Å². The summed E-state index contributed by atoms with van der Waals surface area (Å²) in [5, 5.41) is 6.05. The van der Waals surface area contributed by atoms with Crippen LogP contribution in [0.4, 0.5) is 10.6 Å². The number of aromatic nitrogens is 2. The number of anilines is 1. The Labute approximate surface area is 171 Å². The minimum Gasteiger partial charge on any atom is -0.444 e. The average Bonchev–Trinajstić information content (AvgIpc) is 2.68. The molecule has 0 saturated carbocycles. The van der Waals surface area contributed by atoms with E-state index in [-0.39, 0.29) is 0 Å². The van der Waals surface area contributed by atoms with Gasteiger partial charge in [0.15, 0.2) is 0 Å². The summed E-state index contributed by atoms with van der Waals surface area (Å²) >= 11 is 0. The molecule has 0 spiro atoms. The fourth-order valence-corrected chi connectivity index (χ4v) is 2.72. The number of carbonyl (C=O) groups is 1. The molecule has 1 amide bonds. The maximum absolute atomic E-state index is 11.8. The van der Waals surface area contributed by atoms with Crippen molar-refractivity contribution in [2.24, 2.45) is 0 Å². The zero-order valence-electron chi connectivity index (χ0n) is 17.0. The second-order valence-electron chi connectivity index (χ2n) is 7.72. The predicted molar refractivity (Wildman–Crippen MR) is 114 cm³/mol. The van der Waals surface area contributed by atoms with Gasteiger partial charge in [-0.2, -0.15) is 0 Å². The van der Waals surface area contributed by atoms with Crippen molar-refractivity contribution in [2.75, 3.05) is 5.32 Å². The quantitative estimate of drug-likeness (QED) is 0.633. The first-order chi connectivity index (χ1) is 13.9. The number of hydrogen-bond acceptors (Lipinski definition) is 5. The summed E-state index contributed by atoms with van der Waals surface area (Å²) in [6.45, 7) is 7.03. The molecule has 0 unspecified atom stereocenters. The van der Waals surface area contributed by atoms with E-state index < -0.39 is 11.7 Å². The van der Waals surface area contributed by atoms with E-state index in [1.165, 1.54) is 5.56 Å². The van der Waals surface area contributed by atoms with E-state index in [1.807, 2.05) is 39.1 Å². The minimum atomic E-state index is -0.543. The first kappa shape index (κ1) is 20.5. The van der Waals surface area contributed by atoms with Crippen molar-refractivity contribution in [3.8, 4) is 11.1 Å². The minimum absolute atomic E-state index is 0.458. The smallest absolute Gasteiger partial charge is 0.413 e. The number of rotatable bonds is 6. The van der Waals surface area contributed by atoms with Crippen LogP contribution in [0, 0.1) is 0 Å². The zero-order valence-corrected chi connectivity index (χ0v) is 17.0. The van der Waals surface area contributed by atoms with Gasteiger partial charge in [-0.05, 0) is 55.7 Å². The summed E-state index contributed by atoms with van der Waals surface area (Å²) in [5.74, 6) is 0.458. The van der Waals surface area contributed by atoms with Crippen molar-refractivity contribution in [3.05, 3.63) is 78.2 Å². The van der Waals surface area contributed by atoms with Crippen LogP contribution in [0.3, 0.4) is 0 Å². The third-order valence-electron chi connectivity index (χ3n) is 4.06. The first-order valence-corrected chi connectivity index (χ1v) is 9.54. The van der Waals surface area contributed by atoms with Gasteiger partial charge in [-0.25, -0.2) is 9.78 Å². The molecule has 0 aliphatic rings. The summed E-state index contributed by atoms with van der Waals surface area (Å²) in [6, 6.07) is 16.0. The largest absolute Gasteiger partial charge is 0.444 e. The molecular formula is C23H26N4O2. The lowest BCUT2D eigenvalue weighted by atomic mass is 10.1. The number of hydrogen-bond donors (Lipinski definition) is 2. The zero-order chi connectivity index (χ0) is 20.7. The van der Waals surface area contributed by atoms with Crippen LogP contribution in [0.5, 0.6) is 0 Å². The molecule has 1 aromatic carbocycles. The van der Waals surface area contributed by atoms with E-state index in [0.29, 0.717) is 5.82 Å². The number of pyridine rings is 2. The van der Waals surface area contributed by atoms with Gasteiger partial charge in [0.05, 0.1) is 0 Å². The number of ether oxygens (including phenoxy) is 1. The standard InChI is InChI=1S/C23H26N4O2/c1-23(2,3)29-22(28)27-21-11-10-20(16-26-21)19-8-6-17(7-9-19)13-25-15-18-5-4-12-24-14-18/h4-12,14,16,25H,13,15H2,1-3H3,(H,26,27,28). The van der Waals surface area contributed by atoms with Gasteiger partial charge in [0.1, 0.15) is 11.4 Å². The molecule has 29 heavy (non-hydrogen) atoms. The van der Waals surface area contributed by atoms with Gasteiger partial charge in [0.2, 0.25) is 0 Å². The summed E-state index contributed by atoms with van der Waals surface area (Å²) in [6.07, 6.45) is 4.87. The molecule has 150 valence electrons. The molecule has 0 atom stereocenters. The van der Waals surface area contributed by atoms with Gasteiger partial charge >= 0.3 is 6.09 Å². The van der Waals surface area contributed by atoms with Crippen LogP contribution >= 0.6 is 0 Å². The Bertz CT molecular complexity index is 918. The van der Waals surface area contributed by atoms with Crippen molar-refractivity contribution in [1.82, 2.24) is 15.3 Å². The lowest BCUT2D eigenvalue weighted by molar-refractivity contribution is 0.0635. The van der Waals surface area contributed by atoms with Crippen molar-refractivity contribution < 1.29 is 9.53 Å². The average molecular weight is 390 g/mol. The van der Waals surface area contributed by atoms with Gasteiger partial charge in [0.25, 0.3) is 0 Å².